The van der Waals surface area contributed by atoms with Gasteiger partial charge in [-0.1, -0.05) is 6.92 Å². The Morgan fingerprint density at radius 1 is 1.79 bits per heavy atom. The number of carbonyl (C=O) groups is 1. The van der Waals surface area contributed by atoms with Crippen LogP contribution in [0.4, 0.5) is 0 Å². The molecule has 1 rings (SSSR count). The molecule has 1 amide bonds. The molecule has 2 atom stereocenters. The van der Waals surface area contributed by atoms with Crippen LogP contribution in [-0.2, 0) is 4.79 Å². The number of hydrogen-bond acceptors (Lipinski definition) is 4. The van der Waals surface area contributed by atoms with Crippen LogP contribution in [-0.4, -0.2) is 35.5 Å². The highest BCUT2D eigenvalue weighted by Crippen LogP contribution is 2.24. The van der Waals surface area contributed by atoms with Crippen molar-refractivity contribution in [1.82, 2.24) is 4.90 Å². The third-order valence-electron chi connectivity index (χ3n) is 2.55. The van der Waals surface area contributed by atoms with Gasteiger partial charge in [-0.25, -0.2) is 0 Å². The summed E-state index contributed by atoms with van der Waals surface area (Å²) >= 11 is 0. The van der Waals surface area contributed by atoms with E-state index in [4.69, 9.17) is 16.7 Å². The monoisotopic (exact) mass is 196 g/mol. The van der Waals surface area contributed by atoms with Crippen LogP contribution in [0.2, 0.25) is 0 Å². The Labute approximate surface area is 83.6 Å². The summed E-state index contributed by atoms with van der Waals surface area (Å²) in [7, 11) is 0. The number of hydrogen-bond donors (Lipinski definition) is 2. The summed E-state index contributed by atoms with van der Waals surface area (Å²) < 4.78 is 0. The molecule has 2 unspecified atom stereocenters. The minimum Gasteiger partial charge on any atom is -0.368 e. The summed E-state index contributed by atoms with van der Waals surface area (Å²) in [6.45, 7) is 3.21. The molecule has 0 radical (unpaired) electrons. The van der Waals surface area contributed by atoms with Crippen LogP contribution in [0.25, 0.3) is 0 Å². The molecule has 1 aliphatic heterocycles. The quantitative estimate of drug-likeness (QED) is 0.616. The molecule has 0 saturated carbocycles. The van der Waals surface area contributed by atoms with Crippen molar-refractivity contribution in [2.75, 3.05) is 13.1 Å². The van der Waals surface area contributed by atoms with Crippen LogP contribution in [0.3, 0.4) is 0 Å². The van der Waals surface area contributed by atoms with Gasteiger partial charge in [-0.3, -0.25) is 9.69 Å². The van der Waals surface area contributed by atoms with E-state index in [1.165, 1.54) is 0 Å². The highest BCUT2D eigenvalue weighted by molar-refractivity contribution is 5.80. The average molecular weight is 196 g/mol. The van der Waals surface area contributed by atoms with E-state index in [-0.39, 0.29) is 11.9 Å². The number of rotatable bonds is 3. The van der Waals surface area contributed by atoms with Gasteiger partial charge in [-0.2, -0.15) is 5.26 Å². The van der Waals surface area contributed by atoms with Crippen LogP contribution in [0, 0.1) is 11.3 Å². The molecule has 5 nitrogen and oxygen atoms in total. The third kappa shape index (κ3) is 2.03. The number of nitriles is 1. The second-order valence-corrected chi connectivity index (χ2v) is 3.86. The van der Waals surface area contributed by atoms with Crippen LogP contribution in [0.1, 0.15) is 19.8 Å². The summed E-state index contributed by atoms with van der Waals surface area (Å²) in [6.07, 6.45) is 1.27. The Balaban J connectivity index is 2.76. The predicted octanol–water partition coefficient (Wildman–Crippen LogP) is -0.823. The van der Waals surface area contributed by atoms with Gasteiger partial charge in [0, 0.05) is 13.0 Å². The minimum absolute atomic E-state index is 0.346. The molecule has 0 spiro atoms. The predicted molar refractivity (Wildman–Crippen MR) is 52.0 cm³/mol. The minimum atomic E-state index is -0.908. The number of primary amides is 1. The lowest BCUT2D eigenvalue weighted by Gasteiger charge is -2.20. The summed E-state index contributed by atoms with van der Waals surface area (Å²) in [5, 5.41) is 8.86. The van der Waals surface area contributed by atoms with E-state index in [1.54, 1.807) is 0 Å². The fourth-order valence-electron chi connectivity index (χ4n) is 1.89. The zero-order valence-corrected chi connectivity index (χ0v) is 8.36. The molecule has 4 N–H and O–H groups in total. The van der Waals surface area contributed by atoms with Crippen molar-refractivity contribution in [3.05, 3.63) is 0 Å². The first-order chi connectivity index (χ1) is 6.52. The number of nitrogens with zero attached hydrogens (tertiary/aromatic N) is 2. The second kappa shape index (κ2) is 3.95. The first-order valence-electron chi connectivity index (χ1n) is 4.76. The summed E-state index contributed by atoms with van der Waals surface area (Å²) in [6, 6.07) is 1.67. The highest BCUT2D eigenvalue weighted by Gasteiger charge is 2.43. The molecule has 1 fully saturated rings. The molecule has 0 aliphatic carbocycles. The summed E-state index contributed by atoms with van der Waals surface area (Å²) in [4.78, 5) is 13.0. The topological polar surface area (TPSA) is 96.1 Å². The lowest BCUT2D eigenvalue weighted by molar-refractivity contribution is -0.122. The van der Waals surface area contributed by atoms with Crippen molar-refractivity contribution in [3.63, 3.8) is 0 Å². The van der Waals surface area contributed by atoms with Gasteiger partial charge in [-0.15, -0.1) is 0 Å². The smallest absolute Gasteiger partial charge is 0.234 e. The summed E-state index contributed by atoms with van der Waals surface area (Å²) in [5.74, 6) is -0.388. The Kier molecular flexibility index (Phi) is 3.09. The largest absolute Gasteiger partial charge is 0.368 e. The Hall–Kier alpha value is -1.12. The van der Waals surface area contributed by atoms with E-state index in [0.717, 1.165) is 13.0 Å². The number of amides is 1. The second-order valence-electron chi connectivity index (χ2n) is 3.86. The van der Waals surface area contributed by atoms with Gasteiger partial charge in [0.15, 0.2) is 0 Å². The summed E-state index contributed by atoms with van der Waals surface area (Å²) in [5.41, 5.74) is 10.1. The van der Waals surface area contributed by atoms with Gasteiger partial charge < -0.3 is 11.5 Å². The van der Waals surface area contributed by atoms with Crippen molar-refractivity contribution in [2.45, 2.75) is 31.3 Å². The molecule has 0 aromatic heterocycles. The molecule has 5 heteroatoms. The highest BCUT2D eigenvalue weighted by atomic mass is 16.1. The van der Waals surface area contributed by atoms with Crippen LogP contribution >= 0.6 is 0 Å². The fraction of sp³-hybridized carbons (Fsp3) is 0.778. The van der Waals surface area contributed by atoms with E-state index in [9.17, 15) is 4.79 Å². The molecule has 1 saturated heterocycles. The molecule has 0 aromatic carbocycles. The van der Waals surface area contributed by atoms with Gasteiger partial charge in [0.1, 0.15) is 5.54 Å². The van der Waals surface area contributed by atoms with Crippen molar-refractivity contribution in [3.8, 4) is 6.07 Å². The molecule has 78 valence electrons. The van der Waals surface area contributed by atoms with Crippen molar-refractivity contribution in [1.29, 1.82) is 5.26 Å². The number of likely N-dealkylation sites (tertiary alicyclic amines) is 1. The van der Waals surface area contributed by atoms with Gasteiger partial charge >= 0.3 is 0 Å². The average Bonchev–Trinajstić information content (AvgIpc) is 2.45. The zero-order chi connectivity index (χ0) is 10.8. The molecule has 14 heavy (non-hydrogen) atoms. The number of nitrogens with two attached hydrogens (primary N) is 2. The van der Waals surface area contributed by atoms with E-state index in [1.807, 2.05) is 17.9 Å². The Morgan fingerprint density at radius 3 is 2.86 bits per heavy atom. The van der Waals surface area contributed by atoms with E-state index < -0.39 is 5.54 Å². The van der Waals surface area contributed by atoms with E-state index in [2.05, 4.69) is 0 Å². The van der Waals surface area contributed by atoms with Crippen LogP contribution < -0.4 is 11.5 Å². The number of carbonyl (C=O) groups excluding carboxylic acids is 1. The van der Waals surface area contributed by atoms with Crippen molar-refractivity contribution >= 4 is 5.91 Å². The maximum Gasteiger partial charge on any atom is 0.234 e. The SMILES string of the molecule is CCCN1CC(N)(C#N)CC1C(N)=O. The van der Waals surface area contributed by atoms with Crippen molar-refractivity contribution in [2.24, 2.45) is 11.5 Å². The fourth-order valence-corrected chi connectivity index (χ4v) is 1.89. The molecule has 1 aliphatic rings. The molecular weight excluding hydrogens is 180 g/mol. The normalized spacial score (nSPS) is 32.8. The van der Waals surface area contributed by atoms with E-state index in [0.29, 0.717) is 13.0 Å². The molecule has 0 bridgehead atoms. The van der Waals surface area contributed by atoms with Gasteiger partial charge in [0.2, 0.25) is 5.91 Å². The standard InChI is InChI=1S/C9H16N4O/c1-2-3-13-6-9(12,5-10)4-7(13)8(11)14/h7H,2-4,6,12H2,1H3,(H2,11,14). The van der Waals surface area contributed by atoms with E-state index >= 15 is 0 Å². The van der Waals surface area contributed by atoms with Crippen LogP contribution in [0.15, 0.2) is 0 Å². The van der Waals surface area contributed by atoms with Gasteiger partial charge in [0.25, 0.3) is 0 Å². The lowest BCUT2D eigenvalue weighted by Crippen LogP contribution is -2.41. The lowest BCUT2D eigenvalue weighted by atomic mass is 9.99. The maximum absolute atomic E-state index is 11.1. The van der Waals surface area contributed by atoms with Crippen molar-refractivity contribution < 1.29 is 4.79 Å². The third-order valence-corrected chi connectivity index (χ3v) is 2.55. The maximum atomic E-state index is 11.1. The van der Waals surface area contributed by atoms with Gasteiger partial charge in [-0.05, 0) is 13.0 Å². The Morgan fingerprint density at radius 2 is 2.43 bits per heavy atom. The molecule has 0 aromatic rings. The first-order valence-corrected chi connectivity index (χ1v) is 4.76. The molecule has 1 heterocycles. The Bertz CT molecular complexity index is 272. The van der Waals surface area contributed by atoms with Crippen LogP contribution in [0.5, 0.6) is 0 Å². The first kappa shape index (κ1) is 11.0. The molecular formula is C9H16N4O. The zero-order valence-electron chi connectivity index (χ0n) is 8.36. The van der Waals surface area contributed by atoms with Gasteiger partial charge in [0.05, 0.1) is 12.1 Å².